The molecule has 0 fully saturated rings. The molecule has 1 N–H and O–H groups in total. The fourth-order valence-electron chi connectivity index (χ4n) is 1.97. The Morgan fingerprint density at radius 1 is 1.08 bits per heavy atom. The number of carbonyl (C=O) groups excluding carboxylic acids is 1. The summed E-state index contributed by atoms with van der Waals surface area (Å²) in [5.41, 5.74) is 1.82. The molecule has 0 aliphatic heterocycles. The van der Waals surface area contributed by atoms with Crippen molar-refractivity contribution < 1.29 is 22.1 Å². The van der Waals surface area contributed by atoms with E-state index in [-0.39, 0.29) is 18.1 Å². The zero-order chi connectivity index (χ0) is 18.3. The Bertz CT molecular complexity index is 788. The van der Waals surface area contributed by atoms with Crippen LogP contribution in [0.2, 0.25) is 0 Å². The number of nitrogens with one attached hydrogen (secondary N) is 1. The first kappa shape index (κ1) is 19.0. The van der Waals surface area contributed by atoms with Crippen LogP contribution in [0.1, 0.15) is 18.1 Å². The molecule has 6 nitrogen and oxygen atoms in total. The molecule has 134 valence electrons. The maximum atomic E-state index is 12.1. The van der Waals surface area contributed by atoms with E-state index >= 15 is 0 Å². The molecule has 2 rings (SSSR count). The Morgan fingerprint density at radius 2 is 1.72 bits per heavy atom. The third-order valence-electron chi connectivity index (χ3n) is 3.36. The zero-order valence-corrected chi connectivity index (χ0v) is 15.0. The van der Waals surface area contributed by atoms with Crippen LogP contribution in [0.25, 0.3) is 0 Å². The van der Waals surface area contributed by atoms with Crippen LogP contribution in [-0.2, 0) is 25.6 Å². The molecule has 2 aromatic carbocycles. The van der Waals surface area contributed by atoms with Gasteiger partial charge in [0.2, 0.25) is 0 Å². The lowest BCUT2D eigenvalue weighted by Gasteiger charge is -2.14. The molecule has 0 bridgehead atoms. The van der Waals surface area contributed by atoms with Crippen molar-refractivity contribution in [1.29, 1.82) is 0 Å². The van der Waals surface area contributed by atoms with Gasteiger partial charge in [-0.15, -0.1) is 0 Å². The maximum Gasteiger partial charge on any atom is 0.407 e. The van der Waals surface area contributed by atoms with Crippen LogP contribution in [0.5, 0.6) is 0 Å². The van der Waals surface area contributed by atoms with Crippen LogP contribution in [0.3, 0.4) is 0 Å². The van der Waals surface area contributed by atoms with Crippen LogP contribution in [0, 0.1) is 6.92 Å². The third-order valence-corrected chi connectivity index (χ3v) is 4.66. The lowest BCUT2D eigenvalue weighted by molar-refractivity contribution is 0.132. The number of hydrogen-bond acceptors (Lipinski definition) is 5. The van der Waals surface area contributed by atoms with Gasteiger partial charge in [0, 0.05) is 0 Å². The summed E-state index contributed by atoms with van der Waals surface area (Å²) >= 11 is 0. The van der Waals surface area contributed by atoms with Crippen molar-refractivity contribution in [2.24, 2.45) is 0 Å². The molecule has 1 atom stereocenters. The molecule has 0 aliphatic rings. The average molecular weight is 363 g/mol. The molecule has 1 unspecified atom stereocenters. The highest BCUT2D eigenvalue weighted by Crippen LogP contribution is 2.13. The molecule has 1 amide bonds. The van der Waals surface area contributed by atoms with Crippen LogP contribution < -0.4 is 5.32 Å². The van der Waals surface area contributed by atoms with Gasteiger partial charge in [0.05, 0.1) is 17.5 Å². The average Bonchev–Trinajstić information content (AvgIpc) is 2.60. The molecule has 0 radical (unpaired) electrons. The van der Waals surface area contributed by atoms with E-state index in [2.05, 4.69) is 5.32 Å². The second kappa shape index (κ2) is 8.64. The van der Waals surface area contributed by atoms with Crippen molar-refractivity contribution in [3.8, 4) is 0 Å². The summed E-state index contributed by atoms with van der Waals surface area (Å²) in [6.07, 6.45) is -0.632. The van der Waals surface area contributed by atoms with Gasteiger partial charge in [0.1, 0.15) is 6.61 Å². The first-order valence-corrected chi connectivity index (χ1v) is 9.21. The second-order valence-electron chi connectivity index (χ2n) is 5.66. The minimum atomic E-state index is -3.86. The van der Waals surface area contributed by atoms with Crippen molar-refractivity contribution in [1.82, 2.24) is 5.32 Å². The lowest BCUT2D eigenvalue weighted by atomic mass is 10.2. The molecule has 0 heterocycles. The fraction of sp³-hybridized carbons (Fsp3) is 0.278. The molecule has 0 saturated carbocycles. The van der Waals surface area contributed by atoms with E-state index in [0.29, 0.717) is 0 Å². The van der Waals surface area contributed by atoms with E-state index in [1.807, 2.05) is 37.3 Å². The van der Waals surface area contributed by atoms with Gasteiger partial charge in [-0.05, 0) is 31.5 Å². The number of benzene rings is 2. The summed E-state index contributed by atoms with van der Waals surface area (Å²) < 4.78 is 34.2. The van der Waals surface area contributed by atoms with Crippen LogP contribution in [-0.4, -0.2) is 27.2 Å². The summed E-state index contributed by atoms with van der Waals surface area (Å²) in [6, 6.07) is 15.1. The smallest absolute Gasteiger partial charge is 0.407 e. The molecule has 0 spiro atoms. The minimum absolute atomic E-state index is 0.0805. The van der Waals surface area contributed by atoms with E-state index in [0.717, 1.165) is 11.1 Å². The molecular formula is C18H21NO5S. The zero-order valence-electron chi connectivity index (χ0n) is 14.1. The third kappa shape index (κ3) is 6.21. The fourth-order valence-corrected chi connectivity index (χ4v) is 2.96. The summed E-state index contributed by atoms with van der Waals surface area (Å²) in [5.74, 6) is 0. The normalized spacial score (nSPS) is 12.4. The number of aryl methyl sites for hydroxylation is 1. The van der Waals surface area contributed by atoms with Crippen LogP contribution in [0.4, 0.5) is 4.79 Å². The number of amides is 1. The van der Waals surface area contributed by atoms with Crippen LogP contribution in [0.15, 0.2) is 59.5 Å². The van der Waals surface area contributed by atoms with Crippen molar-refractivity contribution in [2.75, 3.05) is 6.61 Å². The quantitative estimate of drug-likeness (QED) is 0.765. The predicted octanol–water partition coefficient (Wildman–Crippen LogP) is 3.02. The highest BCUT2D eigenvalue weighted by molar-refractivity contribution is 7.86. The van der Waals surface area contributed by atoms with Gasteiger partial charge in [-0.2, -0.15) is 8.42 Å². The van der Waals surface area contributed by atoms with Crippen molar-refractivity contribution >= 4 is 16.2 Å². The topological polar surface area (TPSA) is 81.7 Å². The standard InChI is InChI=1S/C18H21NO5S/c1-14-8-10-17(11-9-14)25(21,22)24-12-15(2)19-18(20)23-13-16-6-4-3-5-7-16/h3-11,15H,12-13H2,1-2H3,(H,19,20). The van der Waals surface area contributed by atoms with Gasteiger partial charge in [-0.1, -0.05) is 48.0 Å². The van der Waals surface area contributed by atoms with E-state index in [9.17, 15) is 13.2 Å². The monoisotopic (exact) mass is 363 g/mol. The molecular weight excluding hydrogens is 342 g/mol. The van der Waals surface area contributed by atoms with Crippen molar-refractivity contribution in [2.45, 2.75) is 31.4 Å². The molecule has 0 saturated heterocycles. The first-order chi connectivity index (χ1) is 11.9. The van der Waals surface area contributed by atoms with Crippen molar-refractivity contribution in [3.63, 3.8) is 0 Å². The van der Waals surface area contributed by atoms with E-state index in [1.165, 1.54) is 12.1 Å². The molecule has 0 aliphatic carbocycles. The number of ether oxygens (including phenoxy) is 1. The number of carbonyl (C=O) groups is 1. The minimum Gasteiger partial charge on any atom is -0.445 e. The Kier molecular flexibility index (Phi) is 6.55. The summed E-state index contributed by atoms with van der Waals surface area (Å²) in [5, 5.41) is 2.53. The highest BCUT2D eigenvalue weighted by Gasteiger charge is 2.17. The molecule has 7 heteroatoms. The summed E-state index contributed by atoms with van der Waals surface area (Å²) in [7, 11) is -3.86. The highest BCUT2D eigenvalue weighted by atomic mass is 32.2. The Balaban J connectivity index is 1.78. The Labute approximate surface area is 147 Å². The maximum absolute atomic E-state index is 12.1. The molecule has 2 aromatic rings. The van der Waals surface area contributed by atoms with Crippen molar-refractivity contribution in [3.05, 3.63) is 65.7 Å². The largest absolute Gasteiger partial charge is 0.445 e. The second-order valence-corrected chi connectivity index (χ2v) is 7.27. The summed E-state index contributed by atoms with van der Waals surface area (Å²) in [4.78, 5) is 11.8. The van der Waals surface area contributed by atoms with E-state index in [1.54, 1.807) is 19.1 Å². The van der Waals surface area contributed by atoms with Gasteiger partial charge in [0.25, 0.3) is 10.1 Å². The summed E-state index contributed by atoms with van der Waals surface area (Å²) in [6.45, 7) is 3.46. The van der Waals surface area contributed by atoms with Gasteiger partial charge >= 0.3 is 6.09 Å². The molecule has 0 aromatic heterocycles. The predicted molar refractivity (Wildman–Crippen MR) is 93.5 cm³/mol. The van der Waals surface area contributed by atoms with Gasteiger partial charge < -0.3 is 10.1 Å². The first-order valence-electron chi connectivity index (χ1n) is 7.80. The molecule has 25 heavy (non-hydrogen) atoms. The number of hydrogen-bond donors (Lipinski definition) is 1. The van der Waals surface area contributed by atoms with E-state index in [4.69, 9.17) is 8.92 Å². The van der Waals surface area contributed by atoms with Gasteiger partial charge in [0.15, 0.2) is 0 Å². The van der Waals surface area contributed by atoms with E-state index < -0.39 is 22.3 Å². The van der Waals surface area contributed by atoms with Gasteiger partial charge in [-0.3, -0.25) is 4.18 Å². The van der Waals surface area contributed by atoms with Crippen LogP contribution >= 0.6 is 0 Å². The Morgan fingerprint density at radius 3 is 2.36 bits per heavy atom. The lowest BCUT2D eigenvalue weighted by Crippen LogP contribution is -2.36. The number of rotatable bonds is 7. The van der Waals surface area contributed by atoms with Gasteiger partial charge in [-0.25, -0.2) is 4.79 Å². The SMILES string of the molecule is Cc1ccc(S(=O)(=O)OCC(C)NC(=O)OCc2ccccc2)cc1. The number of alkyl carbamates (subject to hydrolysis) is 1. The Hall–Kier alpha value is -2.38.